The second kappa shape index (κ2) is 6.65. The van der Waals surface area contributed by atoms with Gasteiger partial charge >= 0.3 is 6.18 Å². The lowest BCUT2D eigenvalue weighted by Gasteiger charge is -2.10. The first-order valence-electron chi connectivity index (χ1n) is 6.99. The van der Waals surface area contributed by atoms with E-state index in [1.54, 1.807) is 24.4 Å². The van der Waals surface area contributed by atoms with Gasteiger partial charge < -0.3 is 16.2 Å². The minimum absolute atomic E-state index is 0.170. The minimum atomic E-state index is -4.55. The summed E-state index contributed by atoms with van der Waals surface area (Å²) in [7, 11) is 0. The summed E-state index contributed by atoms with van der Waals surface area (Å²) in [5.74, 6) is -0.188. The van der Waals surface area contributed by atoms with E-state index in [4.69, 9.17) is 10.8 Å². The largest absolute Gasteiger partial charge is 0.433 e. The van der Waals surface area contributed by atoms with Gasteiger partial charge in [0.1, 0.15) is 10.7 Å². The highest BCUT2D eigenvalue weighted by Gasteiger charge is 2.32. The number of nitrogens with zero attached hydrogens (tertiary/aromatic N) is 3. The monoisotopic (exact) mass is 367 g/mol. The Bertz CT molecular complexity index is 897. The van der Waals surface area contributed by atoms with Gasteiger partial charge in [0, 0.05) is 23.8 Å². The summed E-state index contributed by atoms with van der Waals surface area (Å²) in [6, 6.07) is 5.74. The molecule has 0 fully saturated rings. The molecule has 130 valence electrons. The predicted octanol–water partition coefficient (Wildman–Crippen LogP) is 3.44. The summed E-state index contributed by atoms with van der Waals surface area (Å²) in [6.45, 7) is -0.170. The van der Waals surface area contributed by atoms with Gasteiger partial charge in [-0.1, -0.05) is 0 Å². The van der Waals surface area contributed by atoms with Crippen molar-refractivity contribution in [2.24, 2.45) is 0 Å². The average Bonchev–Trinajstić information content (AvgIpc) is 3.03. The molecule has 0 aliphatic heterocycles. The lowest BCUT2D eigenvalue weighted by atomic mass is 10.1. The maximum Gasteiger partial charge on any atom is 0.433 e. The van der Waals surface area contributed by atoms with Crippen molar-refractivity contribution in [2.45, 2.75) is 12.8 Å². The minimum Gasteiger partial charge on any atom is -0.399 e. The molecule has 6 nitrogen and oxygen atoms in total. The Balaban J connectivity index is 1.91. The lowest BCUT2D eigenvalue weighted by molar-refractivity contribution is -0.141. The number of hydrogen-bond acceptors (Lipinski definition) is 7. The van der Waals surface area contributed by atoms with Crippen LogP contribution in [0.1, 0.15) is 10.7 Å². The third kappa shape index (κ3) is 4.03. The zero-order valence-corrected chi connectivity index (χ0v) is 13.4. The maximum absolute atomic E-state index is 12.7. The van der Waals surface area contributed by atoms with Crippen LogP contribution in [0.2, 0.25) is 0 Å². The fourth-order valence-corrected chi connectivity index (χ4v) is 2.85. The van der Waals surface area contributed by atoms with Gasteiger partial charge in [0.15, 0.2) is 0 Å². The van der Waals surface area contributed by atoms with Crippen LogP contribution < -0.4 is 11.1 Å². The number of thiazole rings is 1. The van der Waals surface area contributed by atoms with E-state index in [-0.39, 0.29) is 12.6 Å². The molecule has 3 rings (SSSR count). The number of benzene rings is 1. The summed E-state index contributed by atoms with van der Waals surface area (Å²) >= 11 is 1.29. The Morgan fingerprint density at radius 3 is 2.68 bits per heavy atom. The van der Waals surface area contributed by atoms with Crippen molar-refractivity contribution in [3.05, 3.63) is 47.4 Å². The topological polar surface area (TPSA) is 97.0 Å². The fraction of sp³-hybridized carbons (Fsp3) is 0.133. The molecule has 2 aromatic heterocycles. The van der Waals surface area contributed by atoms with Crippen LogP contribution in [0.3, 0.4) is 0 Å². The van der Waals surface area contributed by atoms with Crippen LogP contribution in [0.25, 0.3) is 10.4 Å². The standard InChI is InChI=1S/C15H12F3N5OS/c16-15(17,18)12-1-2-20-14(23-12)22-10-4-8(3-9(19)5-10)11-6-21-13(7-24)25-11/h1-6,24H,7,19H2,(H,20,22,23). The summed E-state index contributed by atoms with van der Waals surface area (Å²) in [5.41, 5.74) is 6.39. The number of nitrogen functional groups attached to an aromatic ring is 1. The molecule has 0 bridgehead atoms. The van der Waals surface area contributed by atoms with Crippen LogP contribution in [0.5, 0.6) is 0 Å². The third-order valence-electron chi connectivity index (χ3n) is 3.13. The Morgan fingerprint density at radius 2 is 2.00 bits per heavy atom. The van der Waals surface area contributed by atoms with Gasteiger partial charge in [-0.15, -0.1) is 11.3 Å². The third-order valence-corrected chi connectivity index (χ3v) is 4.16. The van der Waals surface area contributed by atoms with E-state index in [9.17, 15) is 13.2 Å². The molecular weight excluding hydrogens is 355 g/mol. The van der Waals surface area contributed by atoms with Gasteiger partial charge in [-0.05, 0) is 29.8 Å². The average molecular weight is 367 g/mol. The molecule has 0 radical (unpaired) electrons. The van der Waals surface area contributed by atoms with Crippen molar-refractivity contribution in [3.8, 4) is 10.4 Å². The van der Waals surface area contributed by atoms with E-state index in [0.717, 1.165) is 17.1 Å². The zero-order valence-electron chi connectivity index (χ0n) is 12.6. The molecule has 0 unspecified atom stereocenters. The van der Waals surface area contributed by atoms with Gasteiger partial charge in [-0.2, -0.15) is 13.2 Å². The molecule has 0 spiro atoms. The predicted molar refractivity (Wildman–Crippen MR) is 88.2 cm³/mol. The Kier molecular flexibility index (Phi) is 4.55. The van der Waals surface area contributed by atoms with E-state index in [1.807, 2.05) is 0 Å². The molecule has 4 N–H and O–H groups in total. The van der Waals surface area contributed by atoms with Crippen molar-refractivity contribution >= 4 is 28.7 Å². The van der Waals surface area contributed by atoms with Crippen molar-refractivity contribution in [3.63, 3.8) is 0 Å². The van der Waals surface area contributed by atoms with Crippen molar-refractivity contribution in [1.82, 2.24) is 15.0 Å². The molecule has 0 aliphatic carbocycles. The zero-order chi connectivity index (χ0) is 18.0. The number of nitrogens with two attached hydrogens (primary N) is 1. The summed E-state index contributed by atoms with van der Waals surface area (Å²) < 4.78 is 38.2. The van der Waals surface area contributed by atoms with Gasteiger partial charge in [-0.25, -0.2) is 15.0 Å². The molecule has 0 amide bonds. The van der Waals surface area contributed by atoms with Crippen molar-refractivity contribution in [1.29, 1.82) is 0 Å². The quantitative estimate of drug-likeness (QED) is 0.611. The van der Waals surface area contributed by atoms with Crippen LogP contribution in [-0.4, -0.2) is 20.1 Å². The first-order valence-corrected chi connectivity index (χ1v) is 7.80. The maximum atomic E-state index is 12.7. The second-order valence-electron chi connectivity index (χ2n) is 5.01. The SMILES string of the molecule is Nc1cc(Nc2nccc(C(F)(F)F)n2)cc(-c2cnc(CO)s2)c1. The number of nitrogens with one attached hydrogen (secondary N) is 1. The number of rotatable bonds is 4. The van der Waals surface area contributed by atoms with E-state index in [1.165, 1.54) is 11.3 Å². The van der Waals surface area contributed by atoms with E-state index in [2.05, 4.69) is 20.3 Å². The molecule has 1 aromatic carbocycles. The van der Waals surface area contributed by atoms with Crippen LogP contribution in [0.15, 0.2) is 36.7 Å². The van der Waals surface area contributed by atoms with Crippen molar-refractivity contribution < 1.29 is 18.3 Å². The number of hydrogen-bond donors (Lipinski definition) is 3. The fourth-order valence-electron chi connectivity index (χ4n) is 2.09. The normalized spacial score (nSPS) is 11.5. The van der Waals surface area contributed by atoms with E-state index < -0.39 is 11.9 Å². The molecule has 3 aromatic rings. The molecule has 0 atom stereocenters. The van der Waals surface area contributed by atoms with Crippen LogP contribution in [0.4, 0.5) is 30.5 Å². The van der Waals surface area contributed by atoms with E-state index >= 15 is 0 Å². The van der Waals surface area contributed by atoms with E-state index in [0.29, 0.717) is 21.9 Å². The summed E-state index contributed by atoms with van der Waals surface area (Å²) in [6.07, 6.45) is -1.93. The molecule has 2 heterocycles. The van der Waals surface area contributed by atoms with Gasteiger partial charge in [-0.3, -0.25) is 0 Å². The summed E-state index contributed by atoms with van der Waals surface area (Å²) in [4.78, 5) is 12.1. The highest BCUT2D eigenvalue weighted by molar-refractivity contribution is 7.15. The van der Waals surface area contributed by atoms with Crippen molar-refractivity contribution in [2.75, 3.05) is 11.1 Å². The first-order chi connectivity index (χ1) is 11.8. The first kappa shape index (κ1) is 17.1. The smallest absolute Gasteiger partial charge is 0.399 e. The lowest BCUT2D eigenvalue weighted by Crippen LogP contribution is -2.10. The number of halogens is 3. The van der Waals surface area contributed by atoms with Gasteiger partial charge in [0.05, 0.1) is 11.5 Å². The molecule has 25 heavy (non-hydrogen) atoms. The van der Waals surface area contributed by atoms with Gasteiger partial charge in [0.2, 0.25) is 5.95 Å². The molecule has 0 aliphatic rings. The molecule has 0 saturated carbocycles. The summed E-state index contributed by atoms with van der Waals surface area (Å²) in [5, 5.41) is 12.4. The van der Waals surface area contributed by atoms with Gasteiger partial charge in [0.25, 0.3) is 0 Å². The molecule has 0 saturated heterocycles. The van der Waals surface area contributed by atoms with Crippen LogP contribution >= 0.6 is 11.3 Å². The Hall–Kier alpha value is -2.72. The number of aromatic nitrogens is 3. The number of anilines is 3. The van der Waals surface area contributed by atoms with Crippen LogP contribution in [0, 0.1) is 0 Å². The number of aliphatic hydroxyl groups is 1. The Morgan fingerprint density at radius 1 is 1.20 bits per heavy atom. The molecular formula is C15H12F3N5OS. The number of alkyl halides is 3. The van der Waals surface area contributed by atoms with Crippen LogP contribution in [-0.2, 0) is 12.8 Å². The highest BCUT2D eigenvalue weighted by atomic mass is 32.1. The second-order valence-corrected chi connectivity index (χ2v) is 6.12. The molecule has 10 heteroatoms. The highest BCUT2D eigenvalue weighted by Crippen LogP contribution is 2.32. The number of aliphatic hydroxyl groups excluding tert-OH is 1. The Labute approximate surface area is 144 Å².